The Kier molecular flexibility index (Phi) is 9.03. The zero-order valence-electron chi connectivity index (χ0n) is 18.0. The predicted molar refractivity (Wildman–Crippen MR) is 109 cm³/mol. The van der Waals surface area contributed by atoms with E-state index in [1.165, 1.54) is 0 Å². The Hall–Kier alpha value is -1.53. The van der Waals surface area contributed by atoms with Gasteiger partial charge in [-0.3, -0.25) is 14.4 Å². The van der Waals surface area contributed by atoms with Gasteiger partial charge in [0.15, 0.2) is 11.6 Å². The summed E-state index contributed by atoms with van der Waals surface area (Å²) in [6.07, 6.45) is 10.1. The van der Waals surface area contributed by atoms with Gasteiger partial charge < -0.3 is 14.6 Å². The zero-order chi connectivity index (χ0) is 21.4. The molecular formula is C23H36O6. The smallest absolute Gasteiger partial charge is 0.309 e. The number of hydrogen-bond donors (Lipinski definition) is 1. The second-order valence-electron chi connectivity index (χ2n) is 9.02. The summed E-state index contributed by atoms with van der Waals surface area (Å²) < 4.78 is 11.2. The molecule has 0 aliphatic heterocycles. The first-order chi connectivity index (χ1) is 13.7. The third kappa shape index (κ3) is 8.01. The molecule has 0 aromatic rings. The number of hydrogen-bond acceptors (Lipinski definition) is 6. The van der Waals surface area contributed by atoms with Crippen molar-refractivity contribution in [1.82, 2.24) is 0 Å². The topological polar surface area (TPSA) is 89.9 Å². The minimum atomic E-state index is -1.27. The third-order valence-electron chi connectivity index (χ3n) is 6.04. The molecule has 6 nitrogen and oxygen atoms in total. The number of esters is 1. The fourth-order valence-corrected chi connectivity index (χ4v) is 4.29. The summed E-state index contributed by atoms with van der Waals surface area (Å²) in [6.45, 7) is 5.26. The Bertz CT molecular complexity index is 587. The van der Waals surface area contributed by atoms with E-state index in [1.54, 1.807) is 26.8 Å². The molecule has 2 aliphatic carbocycles. The molecule has 0 aromatic carbocycles. The highest BCUT2D eigenvalue weighted by molar-refractivity contribution is 5.88. The first-order valence-corrected chi connectivity index (χ1v) is 10.9. The van der Waals surface area contributed by atoms with E-state index in [4.69, 9.17) is 9.47 Å². The third-order valence-corrected chi connectivity index (χ3v) is 6.04. The predicted octanol–water partition coefficient (Wildman–Crippen LogP) is 3.40. The van der Waals surface area contributed by atoms with Gasteiger partial charge in [0.25, 0.3) is 0 Å². The largest absolute Gasteiger partial charge is 0.463 e. The van der Waals surface area contributed by atoms with Crippen molar-refractivity contribution in [2.24, 2.45) is 17.8 Å². The average Bonchev–Trinajstić information content (AvgIpc) is 2.69. The van der Waals surface area contributed by atoms with Gasteiger partial charge >= 0.3 is 5.97 Å². The van der Waals surface area contributed by atoms with E-state index in [1.807, 2.05) is 6.08 Å². The summed E-state index contributed by atoms with van der Waals surface area (Å²) in [6, 6.07) is 0. The Morgan fingerprint density at radius 3 is 2.07 bits per heavy atom. The van der Waals surface area contributed by atoms with Crippen LogP contribution in [-0.2, 0) is 23.9 Å². The monoisotopic (exact) mass is 408 g/mol. The van der Waals surface area contributed by atoms with Crippen molar-refractivity contribution in [3.63, 3.8) is 0 Å². The molecule has 2 aliphatic rings. The molecule has 1 N–H and O–H groups in total. The number of allylic oxidation sites excluding steroid dienone is 2. The van der Waals surface area contributed by atoms with Gasteiger partial charge in [0.05, 0.1) is 18.6 Å². The molecule has 6 heteroatoms. The summed E-state index contributed by atoms with van der Waals surface area (Å²) in [5, 5.41) is 9.85. The highest BCUT2D eigenvalue weighted by Gasteiger charge is 2.34. The second kappa shape index (κ2) is 11.0. The normalized spacial score (nSPS) is 28.3. The van der Waals surface area contributed by atoms with E-state index in [2.05, 4.69) is 0 Å². The van der Waals surface area contributed by atoms with Gasteiger partial charge in [-0.05, 0) is 84.1 Å². The van der Waals surface area contributed by atoms with Crippen molar-refractivity contribution in [2.75, 3.05) is 13.2 Å². The Labute approximate surface area is 174 Å². The average molecular weight is 409 g/mol. The van der Waals surface area contributed by atoms with Gasteiger partial charge in [-0.2, -0.15) is 0 Å². The van der Waals surface area contributed by atoms with Gasteiger partial charge in [-0.1, -0.05) is 6.08 Å². The van der Waals surface area contributed by atoms with Crippen LogP contribution in [0.15, 0.2) is 12.2 Å². The Balaban J connectivity index is 1.58. The SMILES string of the molecule is CC(=O)/C=C/C1CCC(C(=O)OCCOC2CCC(C(=O)C(C)(C)O)CC2)CC1. The maximum Gasteiger partial charge on any atom is 0.309 e. The summed E-state index contributed by atoms with van der Waals surface area (Å²) >= 11 is 0. The quantitative estimate of drug-likeness (QED) is 0.357. The summed E-state index contributed by atoms with van der Waals surface area (Å²) in [4.78, 5) is 35.4. The van der Waals surface area contributed by atoms with Crippen molar-refractivity contribution < 1.29 is 29.0 Å². The highest BCUT2D eigenvalue weighted by Crippen LogP contribution is 2.31. The fraction of sp³-hybridized carbons (Fsp3) is 0.783. The molecule has 2 fully saturated rings. The number of carbonyl (C=O) groups excluding carboxylic acids is 3. The van der Waals surface area contributed by atoms with Crippen molar-refractivity contribution in [2.45, 2.75) is 83.8 Å². The van der Waals surface area contributed by atoms with Crippen LogP contribution in [0.1, 0.15) is 72.1 Å². The molecule has 0 amide bonds. The standard InChI is InChI=1S/C23H36O6/c1-16(24)4-5-17-6-8-19(9-7-17)22(26)29-15-14-28-20-12-10-18(11-13-20)21(25)23(2,3)27/h4-5,17-20,27H,6-15H2,1-3H3/b5-4+. The number of aliphatic hydroxyl groups is 1. The van der Waals surface area contributed by atoms with Crippen molar-refractivity contribution in [3.8, 4) is 0 Å². The summed E-state index contributed by atoms with van der Waals surface area (Å²) in [5.74, 6) is 0.0559. The van der Waals surface area contributed by atoms with E-state index in [9.17, 15) is 19.5 Å². The minimum Gasteiger partial charge on any atom is -0.463 e. The van der Waals surface area contributed by atoms with Crippen LogP contribution in [-0.4, -0.2) is 47.6 Å². The van der Waals surface area contributed by atoms with E-state index in [0.29, 0.717) is 12.5 Å². The number of ketones is 2. The maximum absolute atomic E-state index is 12.2. The zero-order valence-corrected chi connectivity index (χ0v) is 18.0. The lowest BCUT2D eigenvalue weighted by Crippen LogP contribution is -2.39. The number of Topliss-reactive ketones (excluding diaryl/α,β-unsaturated/α-hetero) is 1. The molecule has 29 heavy (non-hydrogen) atoms. The van der Waals surface area contributed by atoms with E-state index in [0.717, 1.165) is 51.4 Å². The molecule has 0 heterocycles. The highest BCUT2D eigenvalue weighted by atomic mass is 16.6. The second-order valence-corrected chi connectivity index (χ2v) is 9.02. The molecular weight excluding hydrogens is 372 g/mol. The molecule has 0 unspecified atom stereocenters. The summed E-state index contributed by atoms with van der Waals surface area (Å²) in [7, 11) is 0. The van der Waals surface area contributed by atoms with Crippen molar-refractivity contribution >= 4 is 17.5 Å². The molecule has 0 saturated heterocycles. The van der Waals surface area contributed by atoms with Crippen LogP contribution in [0.5, 0.6) is 0 Å². The number of rotatable bonds is 9. The molecule has 0 bridgehead atoms. The van der Waals surface area contributed by atoms with Crippen LogP contribution >= 0.6 is 0 Å². The molecule has 0 aromatic heterocycles. The first-order valence-electron chi connectivity index (χ1n) is 10.9. The van der Waals surface area contributed by atoms with Crippen molar-refractivity contribution in [1.29, 1.82) is 0 Å². The minimum absolute atomic E-state index is 0.0553. The maximum atomic E-state index is 12.2. The first kappa shape index (κ1) is 23.7. The Morgan fingerprint density at radius 1 is 0.931 bits per heavy atom. The van der Waals surface area contributed by atoms with Crippen LogP contribution < -0.4 is 0 Å². The lowest BCUT2D eigenvalue weighted by atomic mass is 9.80. The lowest BCUT2D eigenvalue weighted by Gasteiger charge is -2.30. The van der Waals surface area contributed by atoms with E-state index in [-0.39, 0.29) is 42.1 Å². The molecule has 2 saturated carbocycles. The molecule has 0 atom stereocenters. The van der Waals surface area contributed by atoms with Gasteiger partial charge in [0.1, 0.15) is 12.2 Å². The van der Waals surface area contributed by atoms with Crippen LogP contribution in [0.3, 0.4) is 0 Å². The van der Waals surface area contributed by atoms with Crippen molar-refractivity contribution in [3.05, 3.63) is 12.2 Å². The van der Waals surface area contributed by atoms with Gasteiger partial charge in [-0.25, -0.2) is 0 Å². The lowest BCUT2D eigenvalue weighted by molar-refractivity contribution is -0.152. The van der Waals surface area contributed by atoms with Crippen LogP contribution in [0, 0.1) is 17.8 Å². The van der Waals surface area contributed by atoms with Gasteiger partial charge in [0, 0.05) is 5.92 Å². The van der Waals surface area contributed by atoms with Crippen LogP contribution in [0.2, 0.25) is 0 Å². The number of carbonyl (C=O) groups is 3. The van der Waals surface area contributed by atoms with E-state index < -0.39 is 5.60 Å². The molecule has 0 spiro atoms. The van der Waals surface area contributed by atoms with Gasteiger partial charge in [-0.15, -0.1) is 0 Å². The summed E-state index contributed by atoms with van der Waals surface area (Å²) in [5.41, 5.74) is -1.27. The van der Waals surface area contributed by atoms with E-state index >= 15 is 0 Å². The molecule has 164 valence electrons. The van der Waals surface area contributed by atoms with Gasteiger partial charge in [0.2, 0.25) is 0 Å². The molecule has 2 rings (SSSR count). The fourth-order valence-electron chi connectivity index (χ4n) is 4.29. The van der Waals surface area contributed by atoms with Crippen LogP contribution in [0.4, 0.5) is 0 Å². The van der Waals surface area contributed by atoms with Crippen LogP contribution in [0.25, 0.3) is 0 Å². The number of ether oxygens (including phenoxy) is 2. The molecule has 0 radical (unpaired) electrons. The Morgan fingerprint density at radius 2 is 1.52 bits per heavy atom.